The molecule has 1 amide bonds. The summed E-state index contributed by atoms with van der Waals surface area (Å²) >= 11 is 0. The molecule has 8 nitrogen and oxygen atoms in total. The third kappa shape index (κ3) is 5.12. The van der Waals surface area contributed by atoms with Crippen molar-refractivity contribution in [3.63, 3.8) is 0 Å². The van der Waals surface area contributed by atoms with E-state index in [0.717, 1.165) is 4.31 Å². The number of benzene rings is 1. The van der Waals surface area contributed by atoms with Crippen LogP contribution in [0.3, 0.4) is 0 Å². The topological polar surface area (TPSA) is 105 Å². The number of alkyl carbamates (subject to hydrolysis) is 1. The van der Waals surface area contributed by atoms with Crippen molar-refractivity contribution in [2.24, 2.45) is 0 Å². The lowest BCUT2D eigenvalue weighted by Gasteiger charge is -2.13. The lowest BCUT2D eigenvalue weighted by Crippen LogP contribution is -2.27. The van der Waals surface area contributed by atoms with E-state index in [-0.39, 0.29) is 11.5 Å². The van der Waals surface area contributed by atoms with Gasteiger partial charge in [-0.05, 0) is 24.1 Å². The summed E-state index contributed by atoms with van der Waals surface area (Å²) in [6.45, 7) is 0.303. The van der Waals surface area contributed by atoms with E-state index in [1.54, 1.807) is 6.07 Å². The van der Waals surface area contributed by atoms with Crippen LogP contribution in [0.15, 0.2) is 18.2 Å². The van der Waals surface area contributed by atoms with Gasteiger partial charge in [-0.1, -0.05) is 6.07 Å². The second-order valence-electron chi connectivity index (χ2n) is 4.29. The molecule has 0 aromatic heterocycles. The minimum atomic E-state index is -3.94. The van der Waals surface area contributed by atoms with Crippen LogP contribution < -0.4 is 9.50 Å². The molecular weight excluding hydrogens is 300 g/mol. The van der Waals surface area contributed by atoms with Gasteiger partial charge in [0, 0.05) is 20.6 Å². The quantitative estimate of drug-likeness (QED) is 0.790. The first kappa shape index (κ1) is 17.1. The molecule has 0 fully saturated rings. The standard InChI is InChI=1S/C12H18N2O6S/c1-14(2)21(17,18)20-11-8-9(4-5-10(11)15)6-7-13-12(16)19-3/h4-5,8,15H,6-7H2,1-3H3,(H,13,16). The number of phenols is 1. The number of rotatable bonds is 6. The number of phenolic OH excluding ortho intramolecular Hbond substituents is 1. The minimum Gasteiger partial charge on any atom is -0.504 e. The van der Waals surface area contributed by atoms with E-state index in [2.05, 4.69) is 10.1 Å². The molecule has 21 heavy (non-hydrogen) atoms. The van der Waals surface area contributed by atoms with Gasteiger partial charge in [0.1, 0.15) is 0 Å². The Labute approximate surface area is 123 Å². The summed E-state index contributed by atoms with van der Waals surface area (Å²) in [5.74, 6) is -0.454. The van der Waals surface area contributed by atoms with Gasteiger partial charge < -0.3 is 19.3 Å². The number of nitrogens with one attached hydrogen (secondary N) is 1. The van der Waals surface area contributed by atoms with Crippen LogP contribution in [0, 0.1) is 0 Å². The zero-order valence-electron chi connectivity index (χ0n) is 12.0. The molecule has 0 unspecified atom stereocenters. The average molecular weight is 318 g/mol. The van der Waals surface area contributed by atoms with Crippen molar-refractivity contribution < 1.29 is 27.2 Å². The zero-order valence-corrected chi connectivity index (χ0v) is 12.8. The molecule has 0 saturated carbocycles. The summed E-state index contributed by atoms with van der Waals surface area (Å²) in [5, 5.41) is 12.1. The third-order valence-electron chi connectivity index (χ3n) is 2.53. The Morgan fingerprint density at radius 2 is 2.05 bits per heavy atom. The number of amides is 1. The molecule has 118 valence electrons. The number of hydrogen-bond donors (Lipinski definition) is 2. The highest BCUT2D eigenvalue weighted by Crippen LogP contribution is 2.28. The highest BCUT2D eigenvalue weighted by Gasteiger charge is 2.18. The van der Waals surface area contributed by atoms with Gasteiger partial charge in [0.2, 0.25) is 0 Å². The van der Waals surface area contributed by atoms with Gasteiger partial charge in [0.25, 0.3) is 0 Å². The first-order valence-corrected chi connectivity index (χ1v) is 7.38. The van der Waals surface area contributed by atoms with Crippen molar-refractivity contribution in [3.05, 3.63) is 23.8 Å². The van der Waals surface area contributed by atoms with E-state index in [4.69, 9.17) is 4.18 Å². The largest absolute Gasteiger partial charge is 0.504 e. The number of hydrogen-bond acceptors (Lipinski definition) is 6. The number of carbonyl (C=O) groups is 1. The van der Waals surface area contributed by atoms with E-state index < -0.39 is 16.4 Å². The van der Waals surface area contributed by atoms with Crippen molar-refractivity contribution >= 4 is 16.4 Å². The molecule has 2 N–H and O–H groups in total. The maximum Gasteiger partial charge on any atom is 0.406 e. The summed E-state index contributed by atoms with van der Waals surface area (Å²) in [4.78, 5) is 10.9. The summed E-state index contributed by atoms with van der Waals surface area (Å²) in [7, 11) is -0.0550. The number of carbonyl (C=O) groups excluding carboxylic acids is 1. The predicted molar refractivity (Wildman–Crippen MR) is 75.5 cm³/mol. The van der Waals surface area contributed by atoms with Crippen LogP contribution in [0.5, 0.6) is 11.5 Å². The lowest BCUT2D eigenvalue weighted by atomic mass is 10.1. The molecule has 0 aliphatic heterocycles. The fourth-order valence-corrected chi connectivity index (χ4v) is 1.86. The Morgan fingerprint density at radius 3 is 2.62 bits per heavy atom. The smallest absolute Gasteiger partial charge is 0.406 e. The maximum atomic E-state index is 11.6. The van der Waals surface area contributed by atoms with Crippen molar-refractivity contribution in [1.82, 2.24) is 9.62 Å². The van der Waals surface area contributed by atoms with Crippen LogP contribution >= 0.6 is 0 Å². The lowest BCUT2D eigenvalue weighted by molar-refractivity contribution is 0.171. The SMILES string of the molecule is COC(=O)NCCc1ccc(O)c(OS(=O)(=O)N(C)C)c1. The molecule has 1 aromatic rings. The molecule has 0 radical (unpaired) electrons. The number of nitrogens with zero attached hydrogens (tertiary/aromatic N) is 1. The number of ether oxygens (including phenoxy) is 1. The highest BCUT2D eigenvalue weighted by molar-refractivity contribution is 7.84. The van der Waals surface area contributed by atoms with E-state index in [1.807, 2.05) is 0 Å². The normalized spacial score (nSPS) is 11.2. The van der Waals surface area contributed by atoms with Crippen molar-refractivity contribution in [2.75, 3.05) is 27.7 Å². The highest BCUT2D eigenvalue weighted by atomic mass is 32.2. The summed E-state index contributed by atoms with van der Waals surface area (Å²) < 4.78 is 33.4. The van der Waals surface area contributed by atoms with E-state index in [1.165, 1.54) is 33.3 Å². The van der Waals surface area contributed by atoms with Gasteiger partial charge in [-0.3, -0.25) is 0 Å². The minimum absolute atomic E-state index is 0.167. The van der Waals surface area contributed by atoms with Crippen LogP contribution in [0.1, 0.15) is 5.56 Å². The Balaban J connectivity index is 2.78. The average Bonchev–Trinajstić information content (AvgIpc) is 2.41. The van der Waals surface area contributed by atoms with Gasteiger partial charge in [-0.2, -0.15) is 12.7 Å². The first-order valence-electron chi connectivity index (χ1n) is 6.02. The monoisotopic (exact) mass is 318 g/mol. The molecule has 0 bridgehead atoms. The fourth-order valence-electron chi connectivity index (χ4n) is 1.35. The predicted octanol–water partition coefficient (Wildman–Crippen LogP) is 0.476. The van der Waals surface area contributed by atoms with Crippen LogP contribution in [-0.4, -0.2) is 51.7 Å². The molecule has 1 aromatic carbocycles. The van der Waals surface area contributed by atoms with E-state index >= 15 is 0 Å². The Bertz CT molecular complexity index is 600. The maximum absolute atomic E-state index is 11.6. The molecule has 0 heterocycles. The van der Waals surface area contributed by atoms with Crippen LogP contribution in [-0.2, 0) is 21.5 Å². The van der Waals surface area contributed by atoms with Gasteiger partial charge in [-0.25, -0.2) is 4.79 Å². The Hall–Kier alpha value is -2.00. The van der Waals surface area contributed by atoms with Gasteiger partial charge in [-0.15, -0.1) is 0 Å². The van der Waals surface area contributed by atoms with Gasteiger partial charge >= 0.3 is 16.4 Å². The summed E-state index contributed by atoms with van der Waals surface area (Å²) in [5.41, 5.74) is 0.688. The first-order chi connectivity index (χ1) is 9.76. The molecule has 0 spiro atoms. The van der Waals surface area contributed by atoms with Crippen LogP contribution in [0.2, 0.25) is 0 Å². The second-order valence-corrected chi connectivity index (χ2v) is 6.05. The van der Waals surface area contributed by atoms with Crippen LogP contribution in [0.25, 0.3) is 0 Å². The molecule has 1 rings (SSSR count). The fraction of sp³-hybridized carbons (Fsp3) is 0.417. The Morgan fingerprint density at radius 1 is 1.38 bits per heavy atom. The molecule has 0 atom stereocenters. The van der Waals surface area contributed by atoms with Gasteiger partial charge in [0.05, 0.1) is 7.11 Å². The summed E-state index contributed by atoms with van der Waals surface area (Å²) in [6.07, 6.45) is -0.131. The van der Waals surface area contributed by atoms with E-state index in [0.29, 0.717) is 18.5 Å². The van der Waals surface area contributed by atoms with Crippen molar-refractivity contribution in [1.29, 1.82) is 0 Å². The zero-order chi connectivity index (χ0) is 16.0. The molecule has 0 saturated heterocycles. The number of methoxy groups -OCH3 is 1. The van der Waals surface area contributed by atoms with Crippen molar-refractivity contribution in [2.45, 2.75) is 6.42 Å². The summed E-state index contributed by atoms with van der Waals surface area (Å²) in [6, 6.07) is 4.33. The molecular formula is C12H18N2O6S. The number of aromatic hydroxyl groups is 1. The van der Waals surface area contributed by atoms with Crippen molar-refractivity contribution in [3.8, 4) is 11.5 Å². The Kier molecular flexibility index (Phi) is 5.79. The van der Waals surface area contributed by atoms with E-state index in [9.17, 15) is 18.3 Å². The molecule has 0 aliphatic carbocycles. The third-order valence-corrected chi connectivity index (χ3v) is 3.82. The van der Waals surface area contributed by atoms with Crippen LogP contribution in [0.4, 0.5) is 4.79 Å². The molecule has 9 heteroatoms. The van der Waals surface area contributed by atoms with Gasteiger partial charge in [0.15, 0.2) is 11.5 Å². The second kappa shape index (κ2) is 7.14. The molecule has 0 aliphatic rings.